The molecule has 3 rings (SSSR count). The first kappa shape index (κ1) is 16.6. The average molecular weight is 335 g/mol. The van der Waals surface area contributed by atoms with E-state index in [-0.39, 0.29) is 18.1 Å². The maximum Gasteiger partial charge on any atom is 0.274 e. The third-order valence-corrected chi connectivity index (χ3v) is 4.09. The normalized spacial score (nSPS) is 10.6. The maximum absolute atomic E-state index is 13.0. The number of amides is 1. The summed E-state index contributed by atoms with van der Waals surface area (Å²) in [6.45, 7) is 2.44. The van der Waals surface area contributed by atoms with Gasteiger partial charge in [0.15, 0.2) is 0 Å². The lowest BCUT2D eigenvalue weighted by atomic mass is 10.1. The topological polar surface area (TPSA) is 76.3 Å². The molecule has 0 saturated heterocycles. The molecule has 0 atom stereocenters. The molecule has 0 saturated carbocycles. The summed E-state index contributed by atoms with van der Waals surface area (Å²) in [6, 6.07) is 15.9. The van der Waals surface area contributed by atoms with E-state index < -0.39 is 4.92 Å². The number of fused-ring (bicyclic) bond motifs is 1. The van der Waals surface area contributed by atoms with Gasteiger partial charge in [-0.15, -0.1) is 0 Å². The van der Waals surface area contributed by atoms with Crippen molar-refractivity contribution in [3.05, 3.63) is 82.2 Å². The van der Waals surface area contributed by atoms with Crippen LogP contribution in [0.4, 0.5) is 5.69 Å². The fourth-order valence-corrected chi connectivity index (χ4v) is 2.80. The molecule has 6 heteroatoms. The number of nitrogens with zero attached hydrogens (tertiary/aromatic N) is 3. The van der Waals surface area contributed by atoms with E-state index in [2.05, 4.69) is 4.98 Å². The van der Waals surface area contributed by atoms with E-state index in [1.807, 2.05) is 37.3 Å². The Morgan fingerprint density at radius 2 is 1.84 bits per heavy atom. The van der Waals surface area contributed by atoms with E-state index >= 15 is 0 Å². The maximum atomic E-state index is 13.0. The van der Waals surface area contributed by atoms with Crippen molar-refractivity contribution < 1.29 is 9.72 Å². The van der Waals surface area contributed by atoms with E-state index in [4.69, 9.17) is 0 Å². The number of benzene rings is 2. The minimum Gasteiger partial charge on any atom is -0.333 e. The van der Waals surface area contributed by atoms with Gasteiger partial charge in [0.2, 0.25) is 0 Å². The zero-order chi connectivity index (χ0) is 17.8. The molecule has 2 aromatic carbocycles. The van der Waals surface area contributed by atoms with Crippen molar-refractivity contribution in [1.29, 1.82) is 0 Å². The van der Waals surface area contributed by atoms with Crippen molar-refractivity contribution in [1.82, 2.24) is 9.88 Å². The van der Waals surface area contributed by atoms with Crippen molar-refractivity contribution in [3.8, 4) is 0 Å². The van der Waals surface area contributed by atoms with Crippen LogP contribution in [0, 0.1) is 10.1 Å². The van der Waals surface area contributed by atoms with E-state index in [0.29, 0.717) is 17.8 Å². The first-order valence-corrected chi connectivity index (χ1v) is 7.97. The first-order chi connectivity index (χ1) is 12.1. The van der Waals surface area contributed by atoms with Crippen LogP contribution in [0.5, 0.6) is 0 Å². The van der Waals surface area contributed by atoms with Gasteiger partial charge in [0.05, 0.1) is 11.5 Å². The molecule has 3 aromatic rings. The van der Waals surface area contributed by atoms with Crippen LogP contribution in [-0.4, -0.2) is 27.3 Å². The smallest absolute Gasteiger partial charge is 0.274 e. The number of para-hydroxylation sites is 1. The van der Waals surface area contributed by atoms with Gasteiger partial charge in [-0.1, -0.05) is 42.5 Å². The lowest BCUT2D eigenvalue weighted by Gasteiger charge is -2.21. The molecule has 0 bridgehead atoms. The molecule has 0 N–H and O–H groups in total. The monoisotopic (exact) mass is 335 g/mol. The number of nitro groups is 1. The summed E-state index contributed by atoms with van der Waals surface area (Å²) in [5.74, 6) is -0.238. The summed E-state index contributed by atoms with van der Waals surface area (Å²) in [5.41, 5.74) is 0.876. The average Bonchev–Trinajstić information content (AvgIpc) is 2.65. The highest BCUT2D eigenvalue weighted by Gasteiger charge is 2.21. The third kappa shape index (κ3) is 3.33. The first-order valence-electron chi connectivity index (χ1n) is 7.97. The number of aromatic nitrogens is 1. The van der Waals surface area contributed by atoms with Crippen LogP contribution in [0.3, 0.4) is 0 Å². The minimum atomic E-state index is -0.427. The Labute approximate surface area is 144 Å². The van der Waals surface area contributed by atoms with Crippen molar-refractivity contribution in [2.75, 3.05) is 6.54 Å². The van der Waals surface area contributed by atoms with Gasteiger partial charge in [-0.25, -0.2) is 0 Å². The summed E-state index contributed by atoms with van der Waals surface area (Å²) in [6.07, 6.45) is 1.61. The molecule has 0 aliphatic heterocycles. The highest BCUT2D eigenvalue weighted by atomic mass is 16.6. The predicted octanol–water partition coefficient (Wildman–Crippen LogP) is 3.81. The Hall–Kier alpha value is -3.28. The van der Waals surface area contributed by atoms with Crippen LogP contribution in [-0.2, 0) is 6.54 Å². The highest BCUT2D eigenvalue weighted by molar-refractivity contribution is 6.05. The summed E-state index contributed by atoms with van der Waals surface area (Å²) >= 11 is 0. The SMILES string of the molecule is CCN(Cc1ccccc1[N+](=O)[O-])C(=O)c1nccc2ccccc12. The zero-order valence-electron chi connectivity index (χ0n) is 13.8. The van der Waals surface area contributed by atoms with E-state index in [0.717, 1.165) is 10.8 Å². The molecule has 1 amide bonds. The van der Waals surface area contributed by atoms with Crippen molar-refractivity contribution in [2.45, 2.75) is 13.5 Å². The van der Waals surface area contributed by atoms with Gasteiger partial charge in [0.1, 0.15) is 5.69 Å². The molecule has 25 heavy (non-hydrogen) atoms. The van der Waals surface area contributed by atoms with Crippen LogP contribution in [0.1, 0.15) is 23.0 Å². The summed E-state index contributed by atoms with van der Waals surface area (Å²) < 4.78 is 0. The van der Waals surface area contributed by atoms with Crippen molar-refractivity contribution in [3.63, 3.8) is 0 Å². The molecule has 1 aromatic heterocycles. The molecule has 0 radical (unpaired) electrons. The van der Waals surface area contributed by atoms with Crippen molar-refractivity contribution >= 4 is 22.4 Å². The van der Waals surface area contributed by atoms with Gasteiger partial charge in [-0.3, -0.25) is 19.9 Å². The van der Waals surface area contributed by atoms with Crippen LogP contribution in [0.2, 0.25) is 0 Å². The van der Waals surface area contributed by atoms with Gasteiger partial charge in [-0.2, -0.15) is 0 Å². The Kier molecular flexibility index (Phi) is 4.70. The molecule has 0 fully saturated rings. The molecule has 0 aliphatic rings. The largest absolute Gasteiger partial charge is 0.333 e. The summed E-state index contributed by atoms with van der Waals surface area (Å²) in [7, 11) is 0. The Balaban J connectivity index is 1.96. The lowest BCUT2D eigenvalue weighted by molar-refractivity contribution is -0.385. The number of carbonyl (C=O) groups excluding carboxylic acids is 1. The number of carbonyl (C=O) groups is 1. The second-order valence-corrected chi connectivity index (χ2v) is 5.59. The van der Waals surface area contributed by atoms with Gasteiger partial charge in [0.25, 0.3) is 11.6 Å². The summed E-state index contributed by atoms with van der Waals surface area (Å²) in [5, 5.41) is 12.9. The van der Waals surface area contributed by atoms with Gasteiger partial charge in [-0.05, 0) is 18.4 Å². The molecular weight excluding hydrogens is 318 g/mol. The predicted molar refractivity (Wildman–Crippen MR) is 95.3 cm³/mol. The molecular formula is C19H17N3O3. The molecule has 0 spiro atoms. The van der Waals surface area contributed by atoms with E-state index in [9.17, 15) is 14.9 Å². The van der Waals surface area contributed by atoms with E-state index in [1.54, 1.807) is 29.3 Å². The Bertz CT molecular complexity index is 935. The molecule has 0 aliphatic carbocycles. The Morgan fingerprint density at radius 1 is 1.12 bits per heavy atom. The van der Waals surface area contributed by atoms with Crippen molar-refractivity contribution in [2.24, 2.45) is 0 Å². The quantitative estimate of drug-likeness (QED) is 0.525. The standard InChI is InChI=1S/C19H17N3O3/c1-2-21(13-15-8-4-6-10-17(15)22(24)25)19(23)18-16-9-5-3-7-14(16)11-12-20-18/h3-12H,2,13H2,1H3. The van der Waals surface area contributed by atoms with E-state index in [1.165, 1.54) is 6.07 Å². The second kappa shape index (κ2) is 7.09. The number of hydrogen-bond donors (Lipinski definition) is 0. The summed E-state index contributed by atoms with van der Waals surface area (Å²) in [4.78, 5) is 29.6. The van der Waals surface area contributed by atoms with Gasteiger partial charge < -0.3 is 4.90 Å². The number of nitro benzene ring substituents is 1. The molecule has 0 unspecified atom stereocenters. The lowest BCUT2D eigenvalue weighted by Crippen LogP contribution is -2.31. The number of rotatable bonds is 5. The van der Waals surface area contributed by atoms with Gasteiger partial charge in [0, 0.05) is 29.8 Å². The third-order valence-electron chi connectivity index (χ3n) is 4.09. The van der Waals surface area contributed by atoms with Crippen LogP contribution in [0.25, 0.3) is 10.8 Å². The van der Waals surface area contributed by atoms with Crippen LogP contribution in [0.15, 0.2) is 60.8 Å². The van der Waals surface area contributed by atoms with Crippen LogP contribution < -0.4 is 0 Å². The fourth-order valence-electron chi connectivity index (χ4n) is 2.80. The minimum absolute atomic E-state index is 0.0135. The molecule has 1 heterocycles. The molecule has 6 nitrogen and oxygen atoms in total. The molecule has 126 valence electrons. The second-order valence-electron chi connectivity index (χ2n) is 5.59. The highest BCUT2D eigenvalue weighted by Crippen LogP contribution is 2.22. The van der Waals surface area contributed by atoms with Crippen LogP contribution >= 0.6 is 0 Å². The zero-order valence-corrected chi connectivity index (χ0v) is 13.8. The number of pyridine rings is 1. The van der Waals surface area contributed by atoms with Gasteiger partial charge >= 0.3 is 0 Å². The Morgan fingerprint density at radius 3 is 2.60 bits per heavy atom. The fraction of sp³-hybridized carbons (Fsp3) is 0.158. The number of hydrogen-bond acceptors (Lipinski definition) is 4.